The van der Waals surface area contributed by atoms with Crippen LogP contribution < -0.4 is 10.6 Å². The van der Waals surface area contributed by atoms with E-state index in [0.717, 1.165) is 19.3 Å². The van der Waals surface area contributed by atoms with Gasteiger partial charge in [-0.1, -0.05) is 12.1 Å². The van der Waals surface area contributed by atoms with E-state index in [2.05, 4.69) is 15.6 Å². The molecule has 2 amide bonds. The number of aryl methyl sites for hydroxylation is 1. The van der Waals surface area contributed by atoms with Crippen molar-refractivity contribution in [1.82, 2.24) is 14.9 Å². The number of rotatable bonds is 1. The molecular weight excluding hydrogens is 384 g/mol. The van der Waals surface area contributed by atoms with Gasteiger partial charge in [-0.2, -0.15) is 0 Å². The van der Waals surface area contributed by atoms with Crippen LogP contribution in [0, 0.1) is 0 Å². The third-order valence-electron chi connectivity index (χ3n) is 5.13. The molecule has 8 heteroatoms. The lowest BCUT2D eigenvalue weighted by atomic mass is 10.1. The number of imidazole rings is 1. The first-order chi connectivity index (χ1) is 14.6. The highest BCUT2D eigenvalue weighted by Crippen LogP contribution is 2.25. The van der Waals surface area contributed by atoms with E-state index in [9.17, 15) is 14.4 Å². The maximum Gasteiger partial charge on any atom is 0.340 e. The fraction of sp³-hybridized carbons (Fsp3) is 0.273. The van der Waals surface area contributed by atoms with Gasteiger partial charge in [0.2, 0.25) is 5.95 Å². The van der Waals surface area contributed by atoms with Crippen LogP contribution in [0.1, 0.15) is 50.3 Å². The van der Waals surface area contributed by atoms with Gasteiger partial charge in [0, 0.05) is 24.2 Å². The summed E-state index contributed by atoms with van der Waals surface area (Å²) in [5.41, 5.74) is 2.42. The second kappa shape index (κ2) is 8.36. The minimum absolute atomic E-state index is 0.198. The Kier molecular flexibility index (Phi) is 5.47. The van der Waals surface area contributed by atoms with Crippen molar-refractivity contribution in [2.24, 2.45) is 0 Å². The number of hydrogen-bond acceptors (Lipinski definition) is 5. The molecule has 0 aliphatic carbocycles. The molecule has 1 aromatic heterocycles. The van der Waals surface area contributed by atoms with Crippen LogP contribution in [0.4, 0.5) is 5.95 Å². The summed E-state index contributed by atoms with van der Waals surface area (Å²) in [4.78, 5) is 42.0. The van der Waals surface area contributed by atoms with Crippen molar-refractivity contribution in [3.05, 3.63) is 59.2 Å². The first-order valence-electron chi connectivity index (χ1n) is 9.85. The number of carbonyl (C=O) groups excluding carboxylic acids is 3. The van der Waals surface area contributed by atoms with Crippen LogP contribution in [0.25, 0.3) is 11.0 Å². The van der Waals surface area contributed by atoms with E-state index in [1.807, 2.05) is 4.57 Å². The van der Waals surface area contributed by atoms with Crippen molar-refractivity contribution in [2.45, 2.75) is 25.8 Å². The topological polar surface area (TPSA) is 102 Å². The van der Waals surface area contributed by atoms with Gasteiger partial charge in [-0.05, 0) is 49.6 Å². The molecule has 4 rings (SSSR count). The van der Waals surface area contributed by atoms with Crippen molar-refractivity contribution in [1.29, 1.82) is 0 Å². The van der Waals surface area contributed by atoms with Crippen LogP contribution in [-0.2, 0) is 11.3 Å². The van der Waals surface area contributed by atoms with Gasteiger partial charge in [0.25, 0.3) is 11.8 Å². The van der Waals surface area contributed by atoms with Gasteiger partial charge >= 0.3 is 5.97 Å². The molecule has 0 atom stereocenters. The molecule has 2 bridgehead atoms. The monoisotopic (exact) mass is 406 g/mol. The standard InChI is InChI=1S/C22H22N4O4/c1-30-21(29)16-9-6-10-17-18(16)26-12-4-2-3-11-23-19(27)14-7-5-8-15(13-14)20(28)25-22(26)24-17/h5-10,13H,2-4,11-12H2,1H3,(H,23,27)(H,24,25,28). The lowest BCUT2D eigenvalue weighted by Crippen LogP contribution is -2.25. The lowest BCUT2D eigenvalue weighted by Gasteiger charge is -2.13. The number of benzene rings is 2. The van der Waals surface area contributed by atoms with Crippen molar-refractivity contribution in [3.63, 3.8) is 0 Å². The Morgan fingerprint density at radius 1 is 1.03 bits per heavy atom. The lowest BCUT2D eigenvalue weighted by molar-refractivity contribution is 0.0602. The van der Waals surface area contributed by atoms with E-state index in [1.54, 1.807) is 42.5 Å². The number of amides is 2. The zero-order valence-corrected chi connectivity index (χ0v) is 16.6. The molecule has 154 valence electrons. The summed E-state index contributed by atoms with van der Waals surface area (Å²) in [7, 11) is 1.34. The van der Waals surface area contributed by atoms with Gasteiger partial charge in [0.1, 0.15) is 0 Å². The normalized spacial score (nSPS) is 15.0. The molecule has 2 N–H and O–H groups in total. The molecule has 30 heavy (non-hydrogen) atoms. The van der Waals surface area contributed by atoms with Gasteiger partial charge in [-0.15, -0.1) is 0 Å². The predicted octanol–water partition coefficient (Wildman–Crippen LogP) is 2.99. The number of aromatic nitrogens is 2. The number of hydrogen-bond donors (Lipinski definition) is 2. The minimum atomic E-state index is -0.454. The quantitative estimate of drug-likeness (QED) is 0.605. The highest BCUT2D eigenvalue weighted by Gasteiger charge is 2.21. The first-order valence-corrected chi connectivity index (χ1v) is 9.85. The zero-order chi connectivity index (χ0) is 21.1. The molecule has 0 saturated heterocycles. The number of anilines is 1. The van der Waals surface area contributed by atoms with Crippen molar-refractivity contribution >= 4 is 34.8 Å². The Labute approximate surface area is 173 Å². The van der Waals surface area contributed by atoms with Gasteiger partial charge in [-0.3, -0.25) is 14.9 Å². The summed E-state index contributed by atoms with van der Waals surface area (Å²) < 4.78 is 6.78. The van der Waals surface area contributed by atoms with Gasteiger partial charge in [-0.25, -0.2) is 9.78 Å². The first kappa shape index (κ1) is 19.6. The highest BCUT2D eigenvalue weighted by molar-refractivity contribution is 6.07. The summed E-state index contributed by atoms with van der Waals surface area (Å²) in [5, 5.41) is 5.73. The third-order valence-corrected chi connectivity index (χ3v) is 5.13. The summed E-state index contributed by atoms with van der Waals surface area (Å²) in [6.07, 6.45) is 2.49. The summed E-state index contributed by atoms with van der Waals surface area (Å²) in [5.74, 6) is -0.669. The Bertz CT molecular complexity index is 1140. The molecule has 2 aromatic carbocycles. The number of para-hydroxylation sites is 1. The van der Waals surface area contributed by atoms with E-state index in [1.165, 1.54) is 7.11 Å². The Hall–Kier alpha value is -3.68. The molecule has 0 saturated carbocycles. The van der Waals surface area contributed by atoms with E-state index >= 15 is 0 Å². The van der Waals surface area contributed by atoms with Crippen LogP contribution in [0.3, 0.4) is 0 Å². The number of ether oxygens (including phenoxy) is 1. The number of nitrogens with one attached hydrogen (secondary N) is 2. The SMILES string of the molecule is COC(=O)c1cccc2nc3n(c12)CCCCCNC(=O)c1cccc(c1)C(=O)N3. The Morgan fingerprint density at radius 2 is 1.80 bits per heavy atom. The molecular formula is C22H22N4O4. The summed E-state index contributed by atoms with van der Waals surface area (Å²) >= 11 is 0. The Morgan fingerprint density at radius 3 is 2.60 bits per heavy atom. The molecule has 1 aliphatic rings. The molecule has 0 radical (unpaired) electrons. The molecule has 3 aromatic rings. The number of methoxy groups -OCH3 is 1. The van der Waals surface area contributed by atoms with Gasteiger partial charge in [0.05, 0.1) is 23.7 Å². The van der Waals surface area contributed by atoms with Crippen molar-refractivity contribution in [3.8, 4) is 0 Å². The van der Waals surface area contributed by atoms with Crippen LogP contribution >= 0.6 is 0 Å². The molecule has 0 spiro atoms. The maximum atomic E-state index is 12.9. The third kappa shape index (κ3) is 3.76. The fourth-order valence-corrected chi connectivity index (χ4v) is 3.62. The largest absolute Gasteiger partial charge is 0.465 e. The van der Waals surface area contributed by atoms with Crippen LogP contribution in [0.2, 0.25) is 0 Å². The highest BCUT2D eigenvalue weighted by atomic mass is 16.5. The van der Waals surface area contributed by atoms with Crippen molar-refractivity contribution in [2.75, 3.05) is 19.0 Å². The average Bonchev–Trinajstić information content (AvgIpc) is 3.11. The number of fused-ring (bicyclic) bond motifs is 5. The predicted molar refractivity (Wildman–Crippen MR) is 112 cm³/mol. The fourth-order valence-electron chi connectivity index (χ4n) is 3.62. The second-order valence-corrected chi connectivity index (χ2v) is 7.10. The summed E-state index contributed by atoms with van der Waals surface area (Å²) in [6, 6.07) is 11.8. The summed E-state index contributed by atoms with van der Waals surface area (Å²) in [6.45, 7) is 1.12. The smallest absolute Gasteiger partial charge is 0.340 e. The van der Waals surface area contributed by atoms with Crippen molar-refractivity contribution < 1.29 is 19.1 Å². The second-order valence-electron chi connectivity index (χ2n) is 7.10. The maximum absolute atomic E-state index is 12.9. The zero-order valence-electron chi connectivity index (χ0n) is 16.6. The molecule has 0 fully saturated rings. The minimum Gasteiger partial charge on any atom is -0.465 e. The van der Waals surface area contributed by atoms with Crippen LogP contribution in [0.15, 0.2) is 42.5 Å². The van der Waals surface area contributed by atoms with E-state index in [0.29, 0.717) is 46.8 Å². The molecule has 1 aliphatic heterocycles. The molecule has 2 heterocycles. The Balaban J connectivity index is 1.81. The molecule has 8 nitrogen and oxygen atoms in total. The van der Waals surface area contributed by atoms with Crippen LogP contribution in [0.5, 0.6) is 0 Å². The van der Waals surface area contributed by atoms with Gasteiger partial charge in [0.15, 0.2) is 0 Å². The molecule has 0 unspecified atom stereocenters. The van der Waals surface area contributed by atoms with Gasteiger partial charge < -0.3 is 14.6 Å². The number of esters is 1. The number of carbonyl (C=O) groups is 3. The van der Waals surface area contributed by atoms with Crippen LogP contribution in [-0.4, -0.2) is 41.0 Å². The van der Waals surface area contributed by atoms with E-state index in [4.69, 9.17) is 4.74 Å². The average molecular weight is 406 g/mol. The van der Waals surface area contributed by atoms with E-state index in [-0.39, 0.29) is 11.8 Å². The van der Waals surface area contributed by atoms with E-state index < -0.39 is 5.97 Å². The number of nitrogens with zero attached hydrogens (tertiary/aromatic N) is 2.